The van der Waals surface area contributed by atoms with Crippen LogP contribution in [-0.4, -0.2) is 17.4 Å². The topological polar surface area (TPSA) is 44.9 Å². The third-order valence-corrected chi connectivity index (χ3v) is 4.43. The van der Waals surface area contributed by atoms with E-state index in [-0.39, 0.29) is 5.91 Å². The number of H-pyrrole nitrogens is 1. The zero-order valence-corrected chi connectivity index (χ0v) is 14.7. The highest BCUT2D eigenvalue weighted by atomic mass is 79.9. The molecule has 0 atom stereocenters. The summed E-state index contributed by atoms with van der Waals surface area (Å²) in [6.07, 6.45) is 3.13. The molecule has 23 heavy (non-hydrogen) atoms. The molecule has 3 aromatic rings. The number of hydrogen-bond donors (Lipinski definition) is 2. The SMILES string of the molecule is O=C(Cc1cccc(Br)c1)NCCc1c[nH]c2ccc(Cl)cc12. The number of carbonyl (C=O) groups excluding carboxylic acids is 1. The Morgan fingerprint density at radius 1 is 1.22 bits per heavy atom. The summed E-state index contributed by atoms with van der Waals surface area (Å²) < 4.78 is 0.985. The molecule has 118 valence electrons. The lowest BCUT2D eigenvalue weighted by Crippen LogP contribution is -2.27. The van der Waals surface area contributed by atoms with Gasteiger partial charge in [0.05, 0.1) is 6.42 Å². The molecule has 5 heteroatoms. The molecule has 0 aliphatic heterocycles. The van der Waals surface area contributed by atoms with Gasteiger partial charge >= 0.3 is 0 Å². The lowest BCUT2D eigenvalue weighted by atomic mass is 10.1. The van der Waals surface area contributed by atoms with Crippen molar-refractivity contribution in [1.82, 2.24) is 10.3 Å². The summed E-state index contributed by atoms with van der Waals surface area (Å²) in [7, 11) is 0. The Balaban J connectivity index is 1.56. The first-order valence-electron chi connectivity index (χ1n) is 7.38. The molecule has 2 N–H and O–H groups in total. The van der Waals surface area contributed by atoms with E-state index in [4.69, 9.17) is 11.6 Å². The van der Waals surface area contributed by atoms with Gasteiger partial charge in [-0.15, -0.1) is 0 Å². The highest BCUT2D eigenvalue weighted by molar-refractivity contribution is 9.10. The fourth-order valence-corrected chi connectivity index (χ4v) is 3.21. The van der Waals surface area contributed by atoms with Gasteiger partial charge in [-0.05, 0) is 47.9 Å². The zero-order valence-electron chi connectivity index (χ0n) is 12.4. The monoisotopic (exact) mass is 390 g/mol. The first kappa shape index (κ1) is 16.1. The molecular weight excluding hydrogens is 376 g/mol. The molecule has 0 aliphatic carbocycles. The van der Waals surface area contributed by atoms with Gasteiger partial charge in [-0.1, -0.05) is 39.7 Å². The van der Waals surface area contributed by atoms with Crippen LogP contribution in [-0.2, 0) is 17.6 Å². The Morgan fingerprint density at radius 2 is 2.09 bits per heavy atom. The van der Waals surface area contributed by atoms with Gasteiger partial charge in [-0.2, -0.15) is 0 Å². The van der Waals surface area contributed by atoms with E-state index in [0.29, 0.717) is 13.0 Å². The van der Waals surface area contributed by atoms with E-state index < -0.39 is 0 Å². The maximum Gasteiger partial charge on any atom is 0.224 e. The highest BCUT2D eigenvalue weighted by Crippen LogP contribution is 2.22. The normalized spacial score (nSPS) is 10.9. The summed E-state index contributed by atoms with van der Waals surface area (Å²) in [4.78, 5) is 15.2. The van der Waals surface area contributed by atoms with E-state index in [2.05, 4.69) is 26.2 Å². The fraction of sp³-hybridized carbons (Fsp3) is 0.167. The minimum Gasteiger partial charge on any atom is -0.361 e. The lowest BCUT2D eigenvalue weighted by Gasteiger charge is -2.05. The zero-order chi connectivity index (χ0) is 16.2. The van der Waals surface area contributed by atoms with Crippen molar-refractivity contribution in [3.8, 4) is 0 Å². The number of fused-ring (bicyclic) bond motifs is 1. The maximum atomic E-state index is 12.0. The quantitative estimate of drug-likeness (QED) is 0.661. The predicted molar refractivity (Wildman–Crippen MR) is 97.9 cm³/mol. The number of benzene rings is 2. The number of hydrogen-bond acceptors (Lipinski definition) is 1. The van der Waals surface area contributed by atoms with Crippen LogP contribution in [0.15, 0.2) is 53.1 Å². The second kappa shape index (κ2) is 7.20. The molecular formula is C18H16BrClN2O. The molecule has 3 nitrogen and oxygen atoms in total. The molecule has 0 saturated heterocycles. The lowest BCUT2D eigenvalue weighted by molar-refractivity contribution is -0.120. The molecule has 0 fully saturated rings. The molecule has 0 radical (unpaired) electrons. The molecule has 0 unspecified atom stereocenters. The molecule has 3 rings (SSSR count). The van der Waals surface area contributed by atoms with Gasteiger partial charge in [0.15, 0.2) is 0 Å². The molecule has 2 aromatic carbocycles. The molecule has 1 amide bonds. The van der Waals surface area contributed by atoms with Gasteiger partial charge in [0, 0.05) is 33.1 Å². The Hall–Kier alpha value is -1.78. The Morgan fingerprint density at radius 3 is 2.91 bits per heavy atom. The first-order valence-corrected chi connectivity index (χ1v) is 8.55. The van der Waals surface area contributed by atoms with E-state index in [1.807, 2.05) is 48.7 Å². The highest BCUT2D eigenvalue weighted by Gasteiger charge is 2.06. The fourth-order valence-electron chi connectivity index (χ4n) is 2.59. The minimum atomic E-state index is 0.0287. The summed E-state index contributed by atoms with van der Waals surface area (Å²) in [5, 5.41) is 4.80. The van der Waals surface area contributed by atoms with Crippen LogP contribution in [0, 0.1) is 0 Å². The van der Waals surface area contributed by atoms with Gasteiger partial charge in [0.1, 0.15) is 0 Å². The number of amides is 1. The van der Waals surface area contributed by atoms with Crippen LogP contribution in [0.3, 0.4) is 0 Å². The third kappa shape index (κ3) is 4.15. The maximum absolute atomic E-state index is 12.0. The Labute approximate surface area is 148 Å². The standard InChI is InChI=1S/C18H16BrClN2O/c19-14-3-1-2-12(8-14)9-18(23)21-7-6-13-11-22-17-5-4-15(20)10-16(13)17/h1-5,8,10-11,22H,6-7,9H2,(H,21,23). The summed E-state index contributed by atoms with van der Waals surface area (Å²) in [5.74, 6) is 0.0287. The van der Waals surface area contributed by atoms with Crippen LogP contribution in [0.2, 0.25) is 5.02 Å². The summed E-state index contributed by atoms with van der Waals surface area (Å²) in [6.45, 7) is 0.603. The van der Waals surface area contributed by atoms with Crippen molar-refractivity contribution in [2.24, 2.45) is 0 Å². The molecule has 0 bridgehead atoms. The van der Waals surface area contributed by atoms with Crippen LogP contribution in [0.5, 0.6) is 0 Å². The van der Waals surface area contributed by atoms with Crippen LogP contribution in [0.4, 0.5) is 0 Å². The molecule has 1 aromatic heterocycles. The second-order valence-electron chi connectivity index (χ2n) is 5.41. The van der Waals surface area contributed by atoms with Crippen LogP contribution < -0.4 is 5.32 Å². The van der Waals surface area contributed by atoms with Gasteiger partial charge < -0.3 is 10.3 Å². The first-order chi connectivity index (χ1) is 11.1. The average Bonchev–Trinajstić information content (AvgIpc) is 2.90. The average molecular weight is 392 g/mol. The van der Waals surface area contributed by atoms with E-state index in [1.54, 1.807) is 0 Å². The minimum absolute atomic E-state index is 0.0287. The van der Waals surface area contributed by atoms with Crippen LogP contribution in [0.1, 0.15) is 11.1 Å². The predicted octanol–water partition coefficient (Wildman–Crippen LogP) is 4.49. The van der Waals surface area contributed by atoms with Crippen molar-refractivity contribution >= 4 is 44.3 Å². The van der Waals surface area contributed by atoms with Crippen molar-refractivity contribution in [2.75, 3.05) is 6.54 Å². The number of rotatable bonds is 5. The van der Waals surface area contributed by atoms with Crippen molar-refractivity contribution in [3.63, 3.8) is 0 Å². The van der Waals surface area contributed by atoms with Gasteiger partial charge in [0.25, 0.3) is 0 Å². The van der Waals surface area contributed by atoms with Gasteiger partial charge in [-0.25, -0.2) is 0 Å². The number of carbonyl (C=O) groups is 1. The molecule has 0 aliphatic rings. The van der Waals surface area contributed by atoms with E-state index in [0.717, 1.165) is 37.9 Å². The number of nitrogens with one attached hydrogen (secondary N) is 2. The summed E-state index contributed by atoms with van der Waals surface area (Å²) in [6, 6.07) is 13.6. The Bertz CT molecular complexity index is 844. The van der Waals surface area contributed by atoms with Crippen LogP contribution in [0.25, 0.3) is 10.9 Å². The number of halogens is 2. The van der Waals surface area contributed by atoms with Crippen molar-refractivity contribution in [2.45, 2.75) is 12.8 Å². The van der Waals surface area contributed by atoms with Crippen molar-refractivity contribution in [3.05, 3.63) is 69.3 Å². The third-order valence-electron chi connectivity index (χ3n) is 3.70. The summed E-state index contributed by atoms with van der Waals surface area (Å²) in [5.41, 5.74) is 3.21. The number of aromatic nitrogens is 1. The summed E-state index contributed by atoms with van der Waals surface area (Å²) >= 11 is 9.46. The molecule has 0 spiro atoms. The van der Waals surface area contributed by atoms with Gasteiger partial charge in [0.2, 0.25) is 5.91 Å². The Kier molecular flexibility index (Phi) is 5.03. The van der Waals surface area contributed by atoms with E-state index in [9.17, 15) is 4.79 Å². The van der Waals surface area contributed by atoms with Gasteiger partial charge in [-0.3, -0.25) is 4.79 Å². The molecule has 1 heterocycles. The molecule has 0 saturated carbocycles. The van der Waals surface area contributed by atoms with E-state index in [1.165, 1.54) is 0 Å². The van der Waals surface area contributed by atoms with Crippen LogP contribution >= 0.6 is 27.5 Å². The smallest absolute Gasteiger partial charge is 0.224 e. The number of aromatic amines is 1. The second-order valence-corrected chi connectivity index (χ2v) is 6.76. The van der Waals surface area contributed by atoms with Crippen molar-refractivity contribution < 1.29 is 4.79 Å². The largest absolute Gasteiger partial charge is 0.361 e. The van der Waals surface area contributed by atoms with E-state index >= 15 is 0 Å². The van der Waals surface area contributed by atoms with Crippen molar-refractivity contribution in [1.29, 1.82) is 0 Å².